The Balaban J connectivity index is 1.84. The van der Waals surface area contributed by atoms with E-state index in [0.29, 0.717) is 11.6 Å². The maximum Gasteiger partial charge on any atom is 0.289 e. The molecule has 17 heavy (non-hydrogen) atoms. The van der Waals surface area contributed by atoms with Gasteiger partial charge in [-0.25, -0.2) is 5.43 Å². The first-order valence-corrected chi connectivity index (χ1v) is 5.76. The van der Waals surface area contributed by atoms with E-state index in [-0.39, 0.29) is 5.91 Å². The molecule has 4 nitrogen and oxygen atoms in total. The Morgan fingerprint density at radius 2 is 2.41 bits per heavy atom. The van der Waals surface area contributed by atoms with Crippen LogP contribution in [0.15, 0.2) is 41.6 Å². The molecule has 2 rings (SSSR count). The first-order valence-electron chi connectivity index (χ1n) is 5.76. The van der Waals surface area contributed by atoms with Gasteiger partial charge in [-0.3, -0.25) is 9.78 Å². The molecular weight excluding hydrogens is 214 g/mol. The molecule has 0 saturated heterocycles. The second-order valence-electron chi connectivity index (χ2n) is 3.98. The van der Waals surface area contributed by atoms with Gasteiger partial charge in [0, 0.05) is 12.4 Å². The minimum absolute atomic E-state index is 0.270. The van der Waals surface area contributed by atoms with Crippen molar-refractivity contribution in [2.24, 2.45) is 11.0 Å². The standard InChI is InChI=1S/C13H15N3O/c17-13(12-8-4-5-9-14-12)16-15-10-11-6-2-1-3-7-11/h1-2,4-5,8-11H,3,6-7H2,(H,16,17)/b15-10-/t11-/m0/s1. The summed E-state index contributed by atoms with van der Waals surface area (Å²) in [4.78, 5) is 15.5. The number of rotatable bonds is 3. The molecule has 1 aliphatic rings. The predicted octanol–water partition coefficient (Wildman–Crippen LogP) is 2.15. The average molecular weight is 229 g/mol. The van der Waals surface area contributed by atoms with Crippen molar-refractivity contribution in [2.75, 3.05) is 0 Å². The number of aromatic nitrogens is 1. The van der Waals surface area contributed by atoms with Crippen LogP contribution in [0, 0.1) is 5.92 Å². The molecule has 1 aromatic rings. The van der Waals surface area contributed by atoms with Crippen LogP contribution < -0.4 is 5.43 Å². The number of carbonyl (C=O) groups excluding carboxylic acids is 1. The topological polar surface area (TPSA) is 54.4 Å². The summed E-state index contributed by atoms with van der Waals surface area (Å²) in [5.74, 6) is 0.164. The molecule has 88 valence electrons. The molecule has 0 aromatic carbocycles. The quantitative estimate of drug-likeness (QED) is 0.490. The minimum Gasteiger partial charge on any atom is -0.266 e. The summed E-state index contributed by atoms with van der Waals surface area (Å²) >= 11 is 0. The van der Waals surface area contributed by atoms with E-state index in [1.807, 2.05) is 6.21 Å². The van der Waals surface area contributed by atoms with Crippen LogP contribution in [0.5, 0.6) is 0 Å². The number of allylic oxidation sites excluding steroid dienone is 2. The van der Waals surface area contributed by atoms with Crippen molar-refractivity contribution < 1.29 is 4.79 Å². The van der Waals surface area contributed by atoms with Crippen molar-refractivity contribution in [1.29, 1.82) is 0 Å². The fraction of sp³-hybridized carbons (Fsp3) is 0.308. The zero-order valence-electron chi connectivity index (χ0n) is 9.54. The summed E-state index contributed by atoms with van der Waals surface area (Å²) in [6.07, 6.45) is 10.9. The van der Waals surface area contributed by atoms with Crippen LogP contribution in [-0.2, 0) is 0 Å². The average Bonchev–Trinajstić information content (AvgIpc) is 2.41. The van der Waals surface area contributed by atoms with E-state index in [0.717, 1.165) is 19.3 Å². The molecule has 0 unspecified atom stereocenters. The smallest absolute Gasteiger partial charge is 0.266 e. The second-order valence-corrected chi connectivity index (χ2v) is 3.98. The van der Waals surface area contributed by atoms with Crippen LogP contribution in [0.25, 0.3) is 0 Å². The van der Waals surface area contributed by atoms with Crippen LogP contribution in [0.1, 0.15) is 29.8 Å². The Labute approximate surface area is 100 Å². The third kappa shape index (κ3) is 3.52. The molecule has 1 aromatic heterocycles. The number of hydrogen-bond donors (Lipinski definition) is 1. The van der Waals surface area contributed by atoms with Crippen LogP contribution >= 0.6 is 0 Å². The summed E-state index contributed by atoms with van der Waals surface area (Å²) in [5.41, 5.74) is 2.87. The molecule has 0 bridgehead atoms. The largest absolute Gasteiger partial charge is 0.289 e. The fourth-order valence-corrected chi connectivity index (χ4v) is 1.71. The van der Waals surface area contributed by atoms with Gasteiger partial charge >= 0.3 is 0 Å². The summed E-state index contributed by atoms with van der Waals surface area (Å²) in [6.45, 7) is 0. The van der Waals surface area contributed by atoms with Gasteiger partial charge in [0.1, 0.15) is 5.69 Å². The summed E-state index contributed by atoms with van der Waals surface area (Å²) in [5, 5.41) is 3.97. The van der Waals surface area contributed by atoms with Gasteiger partial charge in [0.25, 0.3) is 5.91 Å². The van der Waals surface area contributed by atoms with Gasteiger partial charge in [-0.2, -0.15) is 5.10 Å². The summed E-state index contributed by atoms with van der Waals surface area (Å²) < 4.78 is 0. The van der Waals surface area contributed by atoms with Gasteiger partial charge in [-0.05, 0) is 37.3 Å². The third-order valence-corrected chi connectivity index (χ3v) is 2.66. The third-order valence-electron chi connectivity index (χ3n) is 2.66. The van der Waals surface area contributed by atoms with Gasteiger partial charge in [0.2, 0.25) is 0 Å². The molecule has 0 radical (unpaired) electrons. The zero-order chi connectivity index (χ0) is 11.9. The molecule has 1 heterocycles. The molecular formula is C13H15N3O. The van der Waals surface area contributed by atoms with Gasteiger partial charge in [0.15, 0.2) is 0 Å². The Bertz CT molecular complexity index is 426. The van der Waals surface area contributed by atoms with E-state index in [9.17, 15) is 4.79 Å². The highest BCUT2D eigenvalue weighted by Crippen LogP contribution is 2.15. The fourth-order valence-electron chi connectivity index (χ4n) is 1.71. The highest BCUT2D eigenvalue weighted by molar-refractivity contribution is 5.92. The summed E-state index contributed by atoms with van der Waals surface area (Å²) in [7, 11) is 0. The molecule has 4 heteroatoms. The number of nitrogens with one attached hydrogen (secondary N) is 1. The van der Waals surface area contributed by atoms with Crippen LogP contribution in [-0.4, -0.2) is 17.1 Å². The first-order chi connectivity index (χ1) is 8.36. The van der Waals surface area contributed by atoms with E-state index >= 15 is 0 Å². The van der Waals surface area contributed by atoms with Gasteiger partial charge in [-0.1, -0.05) is 18.2 Å². The van der Waals surface area contributed by atoms with Crippen molar-refractivity contribution >= 4 is 12.1 Å². The van der Waals surface area contributed by atoms with Gasteiger partial charge < -0.3 is 0 Å². The molecule has 0 spiro atoms. The van der Waals surface area contributed by atoms with E-state index in [4.69, 9.17) is 0 Å². The number of nitrogens with zero attached hydrogens (tertiary/aromatic N) is 2. The Morgan fingerprint density at radius 1 is 1.47 bits per heavy atom. The highest BCUT2D eigenvalue weighted by Gasteiger charge is 2.07. The predicted molar refractivity (Wildman–Crippen MR) is 66.7 cm³/mol. The van der Waals surface area contributed by atoms with Crippen molar-refractivity contribution in [3.63, 3.8) is 0 Å². The van der Waals surface area contributed by atoms with Gasteiger partial charge in [-0.15, -0.1) is 0 Å². The molecule has 1 N–H and O–H groups in total. The number of hydrogen-bond acceptors (Lipinski definition) is 3. The Morgan fingerprint density at radius 3 is 3.12 bits per heavy atom. The monoisotopic (exact) mass is 229 g/mol. The normalized spacial score (nSPS) is 19.4. The lowest BCUT2D eigenvalue weighted by Gasteiger charge is -2.11. The van der Waals surface area contributed by atoms with Crippen molar-refractivity contribution in [2.45, 2.75) is 19.3 Å². The molecule has 1 amide bonds. The number of pyridine rings is 1. The maximum atomic E-state index is 11.6. The Kier molecular flexibility index (Phi) is 4.02. The second kappa shape index (κ2) is 5.94. The Hall–Kier alpha value is -1.97. The molecule has 0 fully saturated rings. The lowest BCUT2D eigenvalue weighted by Crippen LogP contribution is -2.19. The molecule has 1 aliphatic carbocycles. The minimum atomic E-state index is -0.270. The van der Waals surface area contributed by atoms with E-state index < -0.39 is 0 Å². The van der Waals surface area contributed by atoms with Crippen LogP contribution in [0.2, 0.25) is 0 Å². The van der Waals surface area contributed by atoms with E-state index in [2.05, 4.69) is 27.7 Å². The number of amides is 1. The highest BCUT2D eigenvalue weighted by atomic mass is 16.2. The molecule has 0 saturated carbocycles. The van der Waals surface area contributed by atoms with Crippen LogP contribution in [0.3, 0.4) is 0 Å². The molecule has 1 atom stereocenters. The lowest BCUT2D eigenvalue weighted by atomic mass is 9.96. The van der Waals surface area contributed by atoms with Crippen molar-refractivity contribution in [3.05, 3.63) is 42.2 Å². The van der Waals surface area contributed by atoms with Crippen molar-refractivity contribution in [1.82, 2.24) is 10.4 Å². The lowest BCUT2D eigenvalue weighted by molar-refractivity contribution is 0.0950. The number of hydrazone groups is 1. The maximum absolute atomic E-state index is 11.6. The van der Waals surface area contributed by atoms with Gasteiger partial charge in [0.05, 0.1) is 0 Å². The first kappa shape index (κ1) is 11.5. The van der Waals surface area contributed by atoms with E-state index in [1.165, 1.54) is 0 Å². The van der Waals surface area contributed by atoms with Crippen LogP contribution in [0.4, 0.5) is 0 Å². The molecule has 0 aliphatic heterocycles. The SMILES string of the molecule is O=C(N/N=C\[C@H]1CC=CCC1)c1ccccn1. The number of carbonyl (C=O) groups is 1. The van der Waals surface area contributed by atoms with Crippen molar-refractivity contribution in [3.8, 4) is 0 Å². The summed E-state index contributed by atoms with van der Waals surface area (Å²) in [6, 6.07) is 5.21. The van der Waals surface area contributed by atoms with E-state index in [1.54, 1.807) is 24.4 Å². The zero-order valence-corrected chi connectivity index (χ0v) is 9.54.